The van der Waals surface area contributed by atoms with Gasteiger partial charge in [0.15, 0.2) is 5.65 Å². The highest BCUT2D eigenvalue weighted by molar-refractivity contribution is 7.88. The van der Waals surface area contributed by atoms with E-state index in [2.05, 4.69) is 15.0 Å². The molecule has 0 spiro atoms. The van der Waals surface area contributed by atoms with Crippen molar-refractivity contribution >= 4 is 32.1 Å². The van der Waals surface area contributed by atoms with Crippen LogP contribution in [-0.4, -0.2) is 27.9 Å². The van der Waals surface area contributed by atoms with Crippen molar-refractivity contribution in [3.63, 3.8) is 0 Å². The fourth-order valence-corrected chi connectivity index (χ4v) is 3.79. The molecule has 138 valence electrons. The van der Waals surface area contributed by atoms with Crippen LogP contribution >= 0.6 is 0 Å². The zero-order chi connectivity index (χ0) is 19.2. The minimum Gasteiger partial charge on any atom is -0.304 e. The molecule has 9 heteroatoms. The van der Waals surface area contributed by atoms with E-state index in [1.807, 2.05) is 19.1 Å². The molecule has 4 aromatic rings. The Kier molecular flexibility index (Phi) is 4.05. The second-order valence-corrected chi connectivity index (χ2v) is 8.10. The quantitative estimate of drug-likeness (QED) is 0.551. The smallest absolute Gasteiger partial charge is 0.304 e. The molecule has 1 aromatic carbocycles. The van der Waals surface area contributed by atoms with E-state index in [0.717, 1.165) is 22.2 Å². The second-order valence-electron chi connectivity index (χ2n) is 6.48. The molecule has 0 amide bonds. The number of aryl methyl sites for hydroxylation is 1. The number of hydrogen-bond donors (Lipinski definition) is 2. The lowest BCUT2D eigenvalue weighted by atomic mass is 10.1. The van der Waals surface area contributed by atoms with E-state index >= 15 is 0 Å². The maximum Gasteiger partial charge on any atom is 0.326 e. The fraction of sp³-hybridized carbons (Fsp3) is 0.167. The van der Waals surface area contributed by atoms with Gasteiger partial charge in [0.1, 0.15) is 0 Å². The van der Waals surface area contributed by atoms with Crippen LogP contribution in [0.5, 0.6) is 0 Å². The molecule has 0 radical (unpaired) electrons. The number of nitrogens with one attached hydrogen (secondary N) is 1. The Balaban J connectivity index is 1.78. The van der Waals surface area contributed by atoms with Gasteiger partial charge in [-0.15, -0.1) is 0 Å². The van der Waals surface area contributed by atoms with Crippen molar-refractivity contribution in [1.82, 2.24) is 19.5 Å². The lowest BCUT2D eigenvalue weighted by molar-refractivity contribution is 0.597. The van der Waals surface area contributed by atoms with Crippen molar-refractivity contribution in [3.05, 3.63) is 69.9 Å². The zero-order valence-electron chi connectivity index (χ0n) is 14.5. The highest BCUT2D eigenvalue weighted by atomic mass is 32.2. The number of benzene rings is 1. The largest absolute Gasteiger partial charge is 0.326 e. The molecule has 0 atom stereocenters. The van der Waals surface area contributed by atoms with Crippen LogP contribution in [0.4, 0.5) is 0 Å². The van der Waals surface area contributed by atoms with Crippen LogP contribution in [0.1, 0.15) is 16.8 Å². The Morgan fingerprint density at radius 2 is 1.81 bits per heavy atom. The molecule has 0 aliphatic carbocycles. The van der Waals surface area contributed by atoms with Gasteiger partial charge in [-0.05, 0) is 30.2 Å². The molecule has 0 aliphatic heterocycles. The molecular weight excluding hydrogens is 366 g/mol. The van der Waals surface area contributed by atoms with Crippen LogP contribution in [0.2, 0.25) is 0 Å². The summed E-state index contributed by atoms with van der Waals surface area (Å²) in [6, 6.07) is 10.8. The molecule has 3 N–H and O–H groups in total. The highest BCUT2D eigenvalue weighted by Crippen LogP contribution is 2.21. The van der Waals surface area contributed by atoms with E-state index in [4.69, 9.17) is 5.14 Å². The molecule has 4 rings (SSSR count). The van der Waals surface area contributed by atoms with Crippen LogP contribution in [0, 0.1) is 6.92 Å². The van der Waals surface area contributed by atoms with Gasteiger partial charge in [0, 0.05) is 11.1 Å². The monoisotopic (exact) mass is 383 g/mol. The molecule has 3 heterocycles. The Morgan fingerprint density at radius 1 is 1.11 bits per heavy atom. The van der Waals surface area contributed by atoms with Crippen LogP contribution < -0.4 is 10.8 Å². The van der Waals surface area contributed by atoms with E-state index in [9.17, 15) is 13.2 Å². The minimum absolute atomic E-state index is 0.221. The van der Waals surface area contributed by atoms with Gasteiger partial charge in [0.05, 0.1) is 29.5 Å². The van der Waals surface area contributed by atoms with Crippen molar-refractivity contribution in [2.24, 2.45) is 5.14 Å². The second kappa shape index (κ2) is 6.29. The number of pyridine rings is 2. The molecule has 0 fully saturated rings. The molecule has 3 aromatic heterocycles. The van der Waals surface area contributed by atoms with Crippen molar-refractivity contribution in [2.45, 2.75) is 19.2 Å². The van der Waals surface area contributed by atoms with Gasteiger partial charge in [0.2, 0.25) is 10.0 Å². The number of fused-ring (bicyclic) bond motifs is 3. The third kappa shape index (κ3) is 3.46. The van der Waals surface area contributed by atoms with E-state index < -0.39 is 10.0 Å². The average Bonchev–Trinajstić information content (AvgIpc) is 2.91. The minimum atomic E-state index is -3.58. The van der Waals surface area contributed by atoms with Gasteiger partial charge >= 0.3 is 5.69 Å². The first kappa shape index (κ1) is 17.4. The normalized spacial score (nSPS) is 12.1. The van der Waals surface area contributed by atoms with E-state index in [1.165, 1.54) is 0 Å². The zero-order valence-corrected chi connectivity index (χ0v) is 15.3. The molecule has 27 heavy (non-hydrogen) atoms. The third-order valence-corrected chi connectivity index (χ3v) is 5.06. The molecule has 0 bridgehead atoms. The molecule has 0 unspecified atom stereocenters. The summed E-state index contributed by atoms with van der Waals surface area (Å²) in [7, 11) is -3.58. The van der Waals surface area contributed by atoms with Crippen molar-refractivity contribution in [3.8, 4) is 0 Å². The number of hydrogen-bond acceptors (Lipinski definition) is 5. The SMILES string of the molecule is Cc1ccc2c(ncc3[nH]c(=O)n(Cc4ccc(CS(N)(=O)=O)cc4)c32)n1. The first-order valence-corrected chi connectivity index (χ1v) is 9.95. The first-order chi connectivity index (χ1) is 12.8. The predicted molar refractivity (Wildman–Crippen MR) is 103 cm³/mol. The standard InChI is InChI=1S/C18H17N5O3S/c1-11-2-7-14-16-15(8-20-17(14)21-11)22-18(24)23(16)9-12-3-5-13(6-4-12)10-27(19,25)26/h2-8H,9-10H2,1H3,(H,22,24)(H2,19,25,26). The van der Waals surface area contributed by atoms with Gasteiger partial charge in [-0.3, -0.25) is 4.57 Å². The Hall–Kier alpha value is -3.04. The van der Waals surface area contributed by atoms with E-state index in [0.29, 0.717) is 23.3 Å². The summed E-state index contributed by atoms with van der Waals surface area (Å²) in [5, 5.41) is 5.87. The maximum atomic E-state index is 12.5. The van der Waals surface area contributed by atoms with E-state index in [1.54, 1.807) is 35.0 Å². The molecule has 0 aliphatic rings. The lowest BCUT2D eigenvalue weighted by Gasteiger charge is -2.07. The third-order valence-electron chi connectivity index (χ3n) is 4.33. The molecule has 0 saturated heterocycles. The van der Waals surface area contributed by atoms with Crippen LogP contribution in [0.25, 0.3) is 22.1 Å². The summed E-state index contributed by atoms with van der Waals surface area (Å²) in [4.78, 5) is 24.0. The van der Waals surface area contributed by atoms with Crippen molar-refractivity contribution in [1.29, 1.82) is 0 Å². The number of imidazole rings is 1. The van der Waals surface area contributed by atoms with Crippen molar-refractivity contribution in [2.75, 3.05) is 0 Å². The van der Waals surface area contributed by atoms with E-state index in [-0.39, 0.29) is 11.4 Å². The summed E-state index contributed by atoms with van der Waals surface area (Å²) in [6.45, 7) is 2.22. The van der Waals surface area contributed by atoms with Crippen molar-refractivity contribution < 1.29 is 8.42 Å². The number of primary sulfonamides is 1. The van der Waals surface area contributed by atoms with Gasteiger partial charge in [-0.1, -0.05) is 24.3 Å². The number of sulfonamides is 1. The number of H-pyrrole nitrogens is 1. The van der Waals surface area contributed by atoms with Gasteiger partial charge in [-0.2, -0.15) is 0 Å². The summed E-state index contributed by atoms with van der Waals surface area (Å²) in [5.41, 5.74) is 4.04. The van der Waals surface area contributed by atoms with Gasteiger partial charge in [0.25, 0.3) is 0 Å². The summed E-state index contributed by atoms with van der Waals surface area (Å²) < 4.78 is 24.0. The number of nitrogens with two attached hydrogens (primary N) is 1. The molecule has 8 nitrogen and oxygen atoms in total. The number of aromatic amines is 1. The number of aromatic nitrogens is 4. The fourth-order valence-electron chi connectivity index (χ4n) is 3.13. The summed E-state index contributed by atoms with van der Waals surface area (Å²) >= 11 is 0. The van der Waals surface area contributed by atoms with Gasteiger partial charge in [-0.25, -0.2) is 28.3 Å². The summed E-state index contributed by atoms with van der Waals surface area (Å²) in [6.07, 6.45) is 1.61. The predicted octanol–water partition coefficient (Wildman–Crippen LogP) is 1.42. The topological polar surface area (TPSA) is 124 Å². The van der Waals surface area contributed by atoms with Gasteiger partial charge < -0.3 is 4.98 Å². The van der Waals surface area contributed by atoms with Crippen LogP contribution in [0.3, 0.4) is 0 Å². The highest BCUT2D eigenvalue weighted by Gasteiger charge is 2.13. The Morgan fingerprint density at radius 3 is 2.52 bits per heavy atom. The summed E-state index contributed by atoms with van der Waals surface area (Å²) in [5.74, 6) is -0.221. The number of nitrogens with zero attached hydrogens (tertiary/aromatic N) is 3. The first-order valence-electron chi connectivity index (χ1n) is 8.23. The van der Waals surface area contributed by atoms with Crippen LogP contribution in [-0.2, 0) is 22.3 Å². The molecule has 0 saturated carbocycles. The number of rotatable bonds is 4. The Labute approximate surface area is 154 Å². The Bertz CT molecular complexity index is 1320. The van der Waals surface area contributed by atoms with Crippen LogP contribution in [0.15, 0.2) is 47.4 Å². The molecular formula is C18H17N5O3S. The lowest BCUT2D eigenvalue weighted by Crippen LogP contribution is -2.17. The maximum absolute atomic E-state index is 12.5. The average molecular weight is 383 g/mol.